The molecule has 1 aromatic heterocycles. The molecule has 1 N–H and O–H groups in total. The molecule has 25 heavy (non-hydrogen) atoms. The third kappa shape index (κ3) is 3.01. The van der Waals surface area contributed by atoms with Crippen LogP contribution >= 0.6 is 0 Å². The monoisotopic (exact) mass is 332 g/mol. The van der Waals surface area contributed by atoms with E-state index in [0.29, 0.717) is 12.1 Å². The molecular weight excluding hydrogens is 312 g/mol. The molecule has 0 unspecified atom stereocenters. The van der Waals surface area contributed by atoms with Gasteiger partial charge in [-0.1, -0.05) is 48.5 Å². The number of ketones is 2. The van der Waals surface area contributed by atoms with Gasteiger partial charge in [0.25, 0.3) is 0 Å². The second-order valence-electron chi connectivity index (χ2n) is 6.53. The highest BCUT2D eigenvalue weighted by Crippen LogP contribution is 2.25. The minimum Gasteiger partial charge on any atom is -0.360 e. The van der Waals surface area contributed by atoms with E-state index in [1.807, 2.05) is 59.5 Å². The number of para-hydroxylation sites is 1. The Kier molecular flexibility index (Phi) is 4.20. The first-order valence-electron chi connectivity index (χ1n) is 8.66. The zero-order valence-corrected chi connectivity index (χ0v) is 13.9. The van der Waals surface area contributed by atoms with Gasteiger partial charge in [0.15, 0.2) is 11.6 Å². The lowest BCUT2D eigenvalue weighted by atomic mass is 10.0. The van der Waals surface area contributed by atoms with Gasteiger partial charge in [0.1, 0.15) is 0 Å². The van der Waals surface area contributed by atoms with Gasteiger partial charge >= 0.3 is 0 Å². The number of likely N-dealkylation sites (tertiary alicyclic amines) is 1. The first-order chi connectivity index (χ1) is 12.2. The summed E-state index contributed by atoms with van der Waals surface area (Å²) in [7, 11) is 0. The van der Waals surface area contributed by atoms with Gasteiger partial charge in [-0.3, -0.25) is 14.5 Å². The van der Waals surface area contributed by atoms with Crippen LogP contribution < -0.4 is 0 Å². The van der Waals surface area contributed by atoms with Gasteiger partial charge in [0.05, 0.1) is 12.6 Å². The van der Waals surface area contributed by atoms with E-state index in [1.165, 1.54) is 0 Å². The second-order valence-corrected chi connectivity index (χ2v) is 6.53. The van der Waals surface area contributed by atoms with Crippen LogP contribution in [0.1, 0.15) is 33.6 Å². The van der Waals surface area contributed by atoms with Crippen LogP contribution in [0, 0.1) is 0 Å². The molecule has 3 aromatic rings. The van der Waals surface area contributed by atoms with Crippen molar-refractivity contribution in [2.45, 2.75) is 18.9 Å². The lowest BCUT2D eigenvalue weighted by Gasteiger charge is -2.22. The summed E-state index contributed by atoms with van der Waals surface area (Å²) in [4.78, 5) is 30.8. The fourth-order valence-electron chi connectivity index (χ4n) is 3.67. The maximum atomic E-state index is 13.1. The van der Waals surface area contributed by atoms with Crippen molar-refractivity contribution in [3.63, 3.8) is 0 Å². The maximum Gasteiger partial charge on any atom is 0.182 e. The molecule has 1 aliphatic heterocycles. The summed E-state index contributed by atoms with van der Waals surface area (Å²) in [5.74, 6) is 0.176. The number of nitrogens with zero attached hydrogens (tertiary/aromatic N) is 1. The zero-order valence-electron chi connectivity index (χ0n) is 13.9. The Balaban J connectivity index is 1.55. The maximum absolute atomic E-state index is 13.1. The third-order valence-electron chi connectivity index (χ3n) is 4.96. The van der Waals surface area contributed by atoms with E-state index in [2.05, 4.69) is 4.98 Å². The number of nitrogens with one attached hydrogen (secondary N) is 1. The van der Waals surface area contributed by atoms with E-state index < -0.39 is 0 Å². The normalized spacial score (nSPS) is 17.8. The number of carbonyl (C=O) groups is 2. The molecule has 4 nitrogen and oxygen atoms in total. The zero-order chi connectivity index (χ0) is 17.2. The fourth-order valence-corrected chi connectivity index (χ4v) is 3.67. The molecular formula is C21H20N2O2. The van der Waals surface area contributed by atoms with Gasteiger partial charge in [0.2, 0.25) is 0 Å². The first kappa shape index (κ1) is 15.8. The van der Waals surface area contributed by atoms with Gasteiger partial charge in [-0.25, -0.2) is 0 Å². The lowest BCUT2D eigenvalue weighted by molar-refractivity contribution is 0.0824. The standard InChI is InChI=1S/C21H20N2O2/c24-20(15-7-2-1-3-8-15)14-23-12-6-11-19(23)21(25)17-13-22-18-10-5-4-9-16(17)18/h1-5,7-10,13,19,22H,6,11-12,14H2/t19-/m1/s1. The van der Waals surface area contributed by atoms with E-state index in [-0.39, 0.29) is 17.6 Å². The molecule has 4 heteroatoms. The molecule has 1 aliphatic rings. The summed E-state index contributed by atoms with van der Waals surface area (Å²) >= 11 is 0. The van der Waals surface area contributed by atoms with Crippen LogP contribution in [0.15, 0.2) is 60.8 Å². The Labute approximate surface area is 146 Å². The van der Waals surface area contributed by atoms with Crippen molar-refractivity contribution in [2.75, 3.05) is 13.1 Å². The van der Waals surface area contributed by atoms with Gasteiger partial charge in [-0.15, -0.1) is 0 Å². The van der Waals surface area contributed by atoms with Gasteiger partial charge in [-0.2, -0.15) is 0 Å². The predicted molar refractivity (Wildman–Crippen MR) is 98.0 cm³/mol. The number of fused-ring (bicyclic) bond motifs is 1. The Hall–Kier alpha value is -2.72. The first-order valence-corrected chi connectivity index (χ1v) is 8.66. The smallest absolute Gasteiger partial charge is 0.182 e. The van der Waals surface area contributed by atoms with Crippen LogP contribution in [-0.2, 0) is 0 Å². The second kappa shape index (κ2) is 6.65. The topological polar surface area (TPSA) is 53.2 Å². The summed E-state index contributed by atoms with van der Waals surface area (Å²) in [5, 5.41) is 0.953. The van der Waals surface area contributed by atoms with Crippen LogP contribution in [0.3, 0.4) is 0 Å². The van der Waals surface area contributed by atoms with Crippen molar-refractivity contribution >= 4 is 22.5 Å². The average molecular weight is 332 g/mol. The van der Waals surface area contributed by atoms with Gasteiger partial charge in [0, 0.05) is 28.2 Å². The summed E-state index contributed by atoms with van der Waals surface area (Å²) in [6.07, 6.45) is 3.55. The van der Waals surface area contributed by atoms with E-state index >= 15 is 0 Å². The number of rotatable bonds is 5. The molecule has 2 aromatic carbocycles. The molecule has 0 spiro atoms. The number of benzene rings is 2. The number of Topliss-reactive ketones (excluding diaryl/α,β-unsaturated/α-hetero) is 2. The quantitative estimate of drug-likeness (QED) is 0.725. The number of aromatic amines is 1. The summed E-state index contributed by atoms with van der Waals surface area (Å²) in [5.41, 5.74) is 2.39. The van der Waals surface area contributed by atoms with E-state index in [9.17, 15) is 9.59 Å². The molecule has 1 fully saturated rings. The van der Waals surface area contributed by atoms with E-state index in [1.54, 1.807) is 6.20 Å². The number of hydrogen-bond donors (Lipinski definition) is 1. The number of hydrogen-bond acceptors (Lipinski definition) is 3. The van der Waals surface area contributed by atoms with Crippen molar-refractivity contribution in [3.05, 3.63) is 71.9 Å². The number of aromatic nitrogens is 1. The van der Waals surface area contributed by atoms with Crippen LogP contribution in [-0.4, -0.2) is 40.6 Å². The molecule has 0 radical (unpaired) electrons. The molecule has 4 rings (SSSR count). The lowest BCUT2D eigenvalue weighted by Crippen LogP contribution is -2.39. The highest BCUT2D eigenvalue weighted by molar-refractivity contribution is 6.10. The molecule has 0 bridgehead atoms. The van der Waals surface area contributed by atoms with Crippen LogP contribution in [0.4, 0.5) is 0 Å². The summed E-state index contributed by atoms with van der Waals surface area (Å²) < 4.78 is 0. The van der Waals surface area contributed by atoms with Crippen molar-refractivity contribution < 1.29 is 9.59 Å². The molecule has 1 saturated heterocycles. The highest BCUT2D eigenvalue weighted by Gasteiger charge is 2.33. The Morgan fingerprint density at radius 2 is 1.80 bits per heavy atom. The third-order valence-corrected chi connectivity index (χ3v) is 4.96. The minimum atomic E-state index is -0.216. The van der Waals surface area contributed by atoms with Crippen LogP contribution in [0.2, 0.25) is 0 Å². The molecule has 126 valence electrons. The van der Waals surface area contributed by atoms with Gasteiger partial charge in [-0.05, 0) is 25.5 Å². The minimum absolute atomic E-state index is 0.0687. The number of H-pyrrole nitrogens is 1. The molecule has 1 atom stereocenters. The largest absolute Gasteiger partial charge is 0.360 e. The molecule has 0 aliphatic carbocycles. The van der Waals surface area contributed by atoms with Gasteiger partial charge < -0.3 is 4.98 Å². The Bertz CT molecular complexity index is 914. The highest BCUT2D eigenvalue weighted by atomic mass is 16.1. The SMILES string of the molecule is O=C(CN1CCC[C@@H]1C(=O)c1c[nH]c2ccccc12)c1ccccc1. The van der Waals surface area contributed by atoms with Crippen LogP contribution in [0.25, 0.3) is 10.9 Å². The fraction of sp³-hybridized carbons (Fsp3) is 0.238. The molecule has 0 amide bonds. The average Bonchev–Trinajstić information content (AvgIpc) is 3.29. The summed E-state index contributed by atoms with van der Waals surface area (Å²) in [6, 6.07) is 16.9. The Morgan fingerprint density at radius 3 is 2.64 bits per heavy atom. The van der Waals surface area contributed by atoms with Crippen molar-refractivity contribution in [3.8, 4) is 0 Å². The van der Waals surface area contributed by atoms with Crippen molar-refractivity contribution in [1.29, 1.82) is 0 Å². The van der Waals surface area contributed by atoms with Crippen LogP contribution in [0.5, 0.6) is 0 Å². The summed E-state index contributed by atoms with van der Waals surface area (Å²) in [6.45, 7) is 1.08. The van der Waals surface area contributed by atoms with Crippen molar-refractivity contribution in [1.82, 2.24) is 9.88 Å². The predicted octanol–water partition coefficient (Wildman–Crippen LogP) is 3.70. The molecule has 2 heterocycles. The van der Waals surface area contributed by atoms with E-state index in [0.717, 1.165) is 35.9 Å². The number of carbonyl (C=O) groups excluding carboxylic acids is 2. The Morgan fingerprint density at radius 1 is 1.04 bits per heavy atom. The molecule has 0 saturated carbocycles. The van der Waals surface area contributed by atoms with E-state index in [4.69, 9.17) is 0 Å². The van der Waals surface area contributed by atoms with Crippen molar-refractivity contribution in [2.24, 2.45) is 0 Å².